The number of rotatable bonds is 7. The number of carboxylic acids is 1. The molecule has 0 saturated heterocycles. The molecule has 3 N–H and O–H groups in total. The van der Waals surface area contributed by atoms with E-state index in [0.29, 0.717) is 19.4 Å². The molecule has 0 spiro atoms. The molecule has 0 aliphatic rings. The van der Waals surface area contributed by atoms with E-state index in [1.165, 1.54) is 3.57 Å². The van der Waals surface area contributed by atoms with E-state index in [4.69, 9.17) is 10.8 Å². The lowest BCUT2D eigenvalue weighted by Gasteiger charge is -2.12. The van der Waals surface area contributed by atoms with Gasteiger partial charge in [0.05, 0.1) is 5.92 Å². The molecule has 1 rings (SSSR count). The molecule has 0 aliphatic carbocycles. The average Bonchev–Trinajstić information content (AvgIpc) is 2.30. The second-order valence-electron chi connectivity index (χ2n) is 4.15. The topological polar surface area (TPSA) is 63.3 Å². The van der Waals surface area contributed by atoms with Gasteiger partial charge in [0.15, 0.2) is 0 Å². The maximum Gasteiger partial charge on any atom is 0.306 e. The van der Waals surface area contributed by atoms with Gasteiger partial charge in [-0.15, -0.1) is 0 Å². The van der Waals surface area contributed by atoms with Crippen molar-refractivity contribution in [2.75, 3.05) is 6.54 Å². The van der Waals surface area contributed by atoms with Crippen LogP contribution in [-0.2, 0) is 11.2 Å². The normalized spacial score (nSPS) is 12.4. The van der Waals surface area contributed by atoms with Crippen molar-refractivity contribution < 1.29 is 9.90 Å². The molecular weight excluding hydrogens is 329 g/mol. The van der Waals surface area contributed by atoms with E-state index in [-0.39, 0.29) is 5.92 Å². The molecule has 17 heavy (non-hydrogen) atoms. The first-order chi connectivity index (χ1) is 8.13. The SMILES string of the molecule is NCCCCC(Cc1ccc(I)cc1)C(=O)O. The summed E-state index contributed by atoms with van der Waals surface area (Å²) in [7, 11) is 0. The second-order valence-corrected chi connectivity index (χ2v) is 5.40. The largest absolute Gasteiger partial charge is 0.481 e. The van der Waals surface area contributed by atoms with Gasteiger partial charge in [0, 0.05) is 3.57 Å². The smallest absolute Gasteiger partial charge is 0.306 e. The number of nitrogens with two attached hydrogens (primary N) is 1. The molecular formula is C13H18INO2. The van der Waals surface area contributed by atoms with Crippen molar-refractivity contribution in [3.05, 3.63) is 33.4 Å². The van der Waals surface area contributed by atoms with Crippen molar-refractivity contribution in [3.8, 4) is 0 Å². The molecule has 0 fully saturated rings. The third-order valence-electron chi connectivity index (χ3n) is 2.75. The maximum absolute atomic E-state index is 11.1. The van der Waals surface area contributed by atoms with Gasteiger partial charge >= 0.3 is 5.97 Å². The zero-order valence-corrected chi connectivity index (χ0v) is 11.9. The van der Waals surface area contributed by atoms with Crippen molar-refractivity contribution in [2.24, 2.45) is 11.7 Å². The molecule has 1 aromatic carbocycles. The summed E-state index contributed by atoms with van der Waals surface area (Å²) in [5, 5.41) is 9.16. The lowest BCUT2D eigenvalue weighted by Crippen LogP contribution is -2.17. The molecule has 0 bridgehead atoms. The molecule has 3 nitrogen and oxygen atoms in total. The molecule has 0 aliphatic heterocycles. The predicted molar refractivity (Wildman–Crippen MR) is 76.9 cm³/mol. The summed E-state index contributed by atoms with van der Waals surface area (Å²) in [6.07, 6.45) is 3.10. The van der Waals surface area contributed by atoms with Crippen molar-refractivity contribution in [1.82, 2.24) is 0 Å². The minimum absolute atomic E-state index is 0.290. The number of carboxylic acid groups (broad SMARTS) is 1. The zero-order valence-electron chi connectivity index (χ0n) is 9.73. The summed E-state index contributed by atoms with van der Waals surface area (Å²) in [5.74, 6) is -0.998. The number of hydrogen-bond acceptors (Lipinski definition) is 2. The van der Waals surface area contributed by atoms with Crippen LogP contribution in [0.1, 0.15) is 24.8 Å². The van der Waals surface area contributed by atoms with Gasteiger partial charge in [-0.05, 0) is 66.1 Å². The Bertz CT molecular complexity index is 351. The molecule has 0 amide bonds. The van der Waals surface area contributed by atoms with Crippen LogP contribution in [0.15, 0.2) is 24.3 Å². The van der Waals surface area contributed by atoms with Gasteiger partial charge in [0.1, 0.15) is 0 Å². The van der Waals surface area contributed by atoms with Crippen molar-refractivity contribution >= 4 is 28.6 Å². The molecule has 0 aromatic heterocycles. The Hall–Kier alpha value is -0.620. The van der Waals surface area contributed by atoms with E-state index in [0.717, 1.165) is 18.4 Å². The van der Waals surface area contributed by atoms with Gasteiger partial charge in [0.25, 0.3) is 0 Å². The minimum Gasteiger partial charge on any atom is -0.481 e. The highest BCUT2D eigenvalue weighted by Gasteiger charge is 2.17. The van der Waals surface area contributed by atoms with Gasteiger partial charge in [-0.25, -0.2) is 0 Å². The molecule has 1 atom stereocenters. The zero-order chi connectivity index (χ0) is 12.7. The molecule has 1 aromatic rings. The lowest BCUT2D eigenvalue weighted by atomic mass is 9.94. The average molecular weight is 347 g/mol. The molecule has 0 heterocycles. The summed E-state index contributed by atoms with van der Waals surface area (Å²) in [4.78, 5) is 11.1. The molecule has 94 valence electrons. The second kappa shape index (κ2) is 7.66. The summed E-state index contributed by atoms with van der Waals surface area (Å²) < 4.78 is 1.17. The lowest BCUT2D eigenvalue weighted by molar-refractivity contribution is -0.142. The number of carbonyl (C=O) groups is 1. The van der Waals surface area contributed by atoms with Gasteiger partial charge < -0.3 is 10.8 Å². The monoisotopic (exact) mass is 347 g/mol. The highest BCUT2D eigenvalue weighted by molar-refractivity contribution is 14.1. The molecule has 0 radical (unpaired) electrons. The summed E-state index contributed by atoms with van der Waals surface area (Å²) in [5.41, 5.74) is 6.50. The first-order valence-corrected chi connectivity index (χ1v) is 6.88. The van der Waals surface area contributed by atoms with Gasteiger partial charge in [-0.2, -0.15) is 0 Å². The van der Waals surface area contributed by atoms with E-state index in [2.05, 4.69) is 22.6 Å². The maximum atomic E-state index is 11.1. The molecule has 1 unspecified atom stereocenters. The number of unbranched alkanes of at least 4 members (excludes halogenated alkanes) is 1. The number of benzene rings is 1. The fourth-order valence-corrected chi connectivity index (χ4v) is 2.11. The van der Waals surface area contributed by atoms with E-state index in [1.54, 1.807) is 0 Å². The predicted octanol–water partition coefficient (Wildman–Crippen LogP) is 2.66. The van der Waals surface area contributed by atoms with E-state index in [1.807, 2.05) is 24.3 Å². The van der Waals surface area contributed by atoms with Crippen LogP contribution in [0.2, 0.25) is 0 Å². The summed E-state index contributed by atoms with van der Waals surface area (Å²) >= 11 is 2.24. The Morgan fingerprint density at radius 3 is 2.47 bits per heavy atom. The van der Waals surface area contributed by atoms with E-state index < -0.39 is 5.97 Å². The Kier molecular flexibility index (Phi) is 6.50. The van der Waals surface area contributed by atoms with E-state index >= 15 is 0 Å². The number of aliphatic carboxylic acids is 1. The number of halogens is 1. The van der Waals surface area contributed by atoms with Crippen molar-refractivity contribution in [1.29, 1.82) is 0 Å². The Morgan fingerprint density at radius 2 is 1.94 bits per heavy atom. The van der Waals surface area contributed by atoms with Crippen LogP contribution in [0, 0.1) is 9.49 Å². The van der Waals surface area contributed by atoms with Crippen molar-refractivity contribution in [2.45, 2.75) is 25.7 Å². The molecule has 4 heteroatoms. The standard InChI is InChI=1S/C13H18INO2/c14-12-6-4-10(5-7-12)9-11(13(16)17)3-1-2-8-15/h4-7,11H,1-3,8-9,15H2,(H,16,17). The van der Waals surface area contributed by atoms with Crippen LogP contribution in [0.3, 0.4) is 0 Å². The van der Waals surface area contributed by atoms with Crippen LogP contribution in [0.25, 0.3) is 0 Å². The molecule has 0 saturated carbocycles. The third-order valence-corrected chi connectivity index (χ3v) is 3.47. The van der Waals surface area contributed by atoms with Gasteiger partial charge in [-0.1, -0.05) is 18.6 Å². The highest BCUT2D eigenvalue weighted by Crippen LogP contribution is 2.16. The Balaban J connectivity index is 2.54. The first kappa shape index (κ1) is 14.4. The van der Waals surface area contributed by atoms with Crippen LogP contribution in [0.4, 0.5) is 0 Å². The summed E-state index contributed by atoms with van der Waals surface area (Å²) in [6.45, 7) is 0.635. The van der Waals surface area contributed by atoms with Crippen LogP contribution in [0.5, 0.6) is 0 Å². The minimum atomic E-state index is -0.708. The highest BCUT2D eigenvalue weighted by atomic mass is 127. The fourth-order valence-electron chi connectivity index (χ4n) is 1.75. The first-order valence-electron chi connectivity index (χ1n) is 5.81. The van der Waals surface area contributed by atoms with E-state index in [9.17, 15) is 4.79 Å². The fraction of sp³-hybridized carbons (Fsp3) is 0.462. The van der Waals surface area contributed by atoms with Gasteiger partial charge in [0.2, 0.25) is 0 Å². The van der Waals surface area contributed by atoms with Gasteiger partial charge in [-0.3, -0.25) is 4.79 Å². The summed E-state index contributed by atoms with van der Waals surface area (Å²) in [6, 6.07) is 8.02. The Labute approximate surface area is 116 Å². The van der Waals surface area contributed by atoms with Crippen LogP contribution >= 0.6 is 22.6 Å². The third kappa shape index (κ3) is 5.50. The quantitative estimate of drug-likeness (QED) is 0.589. The number of hydrogen-bond donors (Lipinski definition) is 2. The van der Waals surface area contributed by atoms with Crippen molar-refractivity contribution in [3.63, 3.8) is 0 Å². The van der Waals surface area contributed by atoms with Crippen LogP contribution < -0.4 is 5.73 Å². The van der Waals surface area contributed by atoms with Crippen LogP contribution in [-0.4, -0.2) is 17.6 Å². The Morgan fingerprint density at radius 1 is 1.29 bits per heavy atom.